The molecule has 1 aliphatic heterocycles. The van der Waals surface area contributed by atoms with E-state index in [1.807, 2.05) is 6.92 Å². The van der Waals surface area contributed by atoms with Gasteiger partial charge < -0.3 is 14.6 Å². The average molecular weight is 211 g/mol. The van der Waals surface area contributed by atoms with E-state index in [9.17, 15) is 0 Å². The Kier molecular flexibility index (Phi) is 3.69. The fourth-order valence-corrected chi connectivity index (χ4v) is 1.66. The van der Waals surface area contributed by atoms with Crippen LogP contribution in [0.15, 0.2) is 4.52 Å². The molecule has 1 atom stereocenters. The highest BCUT2D eigenvalue weighted by Gasteiger charge is 2.14. The van der Waals surface area contributed by atoms with Crippen molar-refractivity contribution >= 4 is 0 Å². The molecule has 0 aliphatic carbocycles. The molecule has 0 amide bonds. The zero-order valence-corrected chi connectivity index (χ0v) is 9.03. The van der Waals surface area contributed by atoms with E-state index in [1.165, 1.54) is 6.42 Å². The third-order valence-corrected chi connectivity index (χ3v) is 2.57. The van der Waals surface area contributed by atoms with Crippen molar-refractivity contribution in [2.24, 2.45) is 5.92 Å². The molecule has 0 aromatic carbocycles. The van der Waals surface area contributed by atoms with Gasteiger partial charge in [0.1, 0.15) is 6.61 Å². The van der Waals surface area contributed by atoms with Gasteiger partial charge in [-0.2, -0.15) is 4.98 Å². The van der Waals surface area contributed by atoms with Gasteiger partial charge in [0.15, 0.2) is 5.82 Å². The fourth-order valence-electron chi connectivity index (χ4n) is 1.66. The summed E-state index contributed by atoms with van der Waals surface area (Å²) < 4.78 is 10.5. The first-order valence-electron chi connectivity index (χ1n) is 5.48. The summed E-state index contributed by atoms with van der Waals surface area (Å²) in [6, 6.07) is 0. The summed E-state index contributed by atoms with van der Waals surface area (Å²) >= 11 is 0. The molecule has 2 rings (SSSR count). The molecule has 1 fully saturated rings. The Balaban J connectivity index is 1.68. The van der Waals surface area contributed by atoms with Gasteiger partial charge in [-0.05, 0) is 18.9 Å². The van der Waals surface area contributed by atoms with Crippen LogP contribution in [0.1, 0.15) is 25.1 Å². The van der Waals surface area contributed by atoms with Crippen molar-refractivity contribution in [3.05, 3.63) is 11.7 Å². The van der Waals surface area contributed by atoms with Crippen LogP contribution in [0.3, 0.4) is 0 Å². The van der Waals surface area contributed by atoms with Crippen LogP contribution in [-0.4, -0.2) is 29.8 Å². The number of aromatic nitrogens is 2. The molecular formula is C10H17N3O2. The zero-order chi connectivity index (χ0) is 10.5. The van der Waals surface area contributed by atoms with E-state index >= 15 is 0 Å². The highest BCUT2D eigenvalue weighted by molar-refractivity contribution is 4.83. The van der Waals surface area contributed by atoms with Gasteiger partial charge in [-0.3, -0.25) is 0 Å². The van der Waals surface area contributed by atoms with Gasteiger partial charge in [0.25, 0.3) is 5.89 Å². The summed E-state index contributed by atoms with van der Waals surface area (Å²) in [5.74, 6) is 1.97. The van der Waals surface area contributed by atoms with Crippen molar-refractivity contribution in [1.82, 2.24) is 15.5 Å². The molecule has 2 heterocycles. The van der Waals surface area contributed by atoms with Crippen molar-refractivity contribution in [2.75, 3.05) is 19.7 Å². The van der Waals surface area contributed by atoms with E-state index in [2.05, 4.69) is 15.5 Å². The van der Waals surface area contributed by atoms with Crippen LogP contribution >= 0.6 is 0 Å². The first-order chi connectivity index (χ1) is 7.38. The average Bonchev–Trinajstić information content (AvgIpc) is 2.88. The zero-order valence-electron chi connectivity index (χ0n) is 9.03. The summed E-state index contributed by atoms with van der Waals surface area (Å²) in [6.45, 7) is 5.37. The summed E-state index contributed by atoms with van der Waals surface area (Å²) in [5.41, 5.74) is 0. The van der Waals surface area contributed by atoms with E-state index in [0.29, 0.717) is 18.4 Å². The van der Waals surface area contributed by atoms with Crippen LogP contribution in [0.25, 0.3) is 0 Å². The van der Waals surface area contributed by atoms with Crippen molar-refractivity contribution in [3.8, 4) is 0 Å². The van der Waals surface area contributed by atoms with E-state index in [0.717, 1.165) is 31.9 Å². The molecule has 1 aromatic heterocycles. The highest BCUT2D eigenvalue weighted by atomic mass is 16.5. The van der Waals surface area contributed by atoms with Crippen LogP contribution in [0.4, 0.5) is 0 Å². The molecule has 5 nitrogen and oxygen atoms in total. The number of nitrogens with one attached hydrogen (secondary N) is 1. The van der Waals surface area contributed by atoms with Gasteiger partial charge in [-0.1, -0.05) is 12.1 Å². The second kappa shape index (κ2) is 5.23. The molecule has 1 aliphatic rings. The summed E-state index contributed by atoms with van der Waals surface area (Å²) in [4.78, 5) is 4.17. The lowest BCUT2D eigenvalue weighted by Gasteiger charge is -2.06. The van der Waals surface area contributed by atoms with Crippen molar-refractivity contribution in [2.45, 2.75) is 26.4 Å². The van der Waals surface area contributed by atoms with E-state index in [-0.39, 0.29) is 0 Å². The second-order valence-corrected chi connectivity index (χ2v) is 3.83. The third-order valence-electron chi connectivity index (χ3n) is 2.57. The van der Waals surface area contributed by atoms with Crippen LogP contribution < -0.4 is 5.32 Å². The largest absolute Gasteiger partial charge is 0.371 e. The Labute approximate surface area is 89.2 Å². The maximum atomic E-state index is 5.53. The molecule has 15 heavy (non-hydrogen) atoms. The lowest BCUT2D eigenvalue weighted by Crippen LogP contribution is -2.13. The van der Waals surface area contributed by atoms with Crippen LogP contribution in [0.5, 0.6) is 0 Å². The van der Waals surface area contributed by atoms with Gasteiger partial charge in [0.05, 0.1) is 6.61 Å². The van der Waals surface area contributed by atoms with Crippen LogP contribution in [0.2, 0.25) is 0 Å². The molecule has 84 valence electrons. The predicted molar refractivity (Wildman–Crippen MR) is 54.3 cm³/mol. The highest BCUT2D eigenvalue weighted by Crippen LogP contribution is 2.09. The van der Waals surface area contributed by atoms with E-state index in [1.54, 1.807) is 0 Å². The number of hydrogen-bond donors (Lipinski definition) is 1. The first kappa shape index (κ1) is 10.6. The summed E-state index contributed by atoms with van der Waals surface area (Å²) in [6.07, 6.45) is 2.00. The van der Waals surface area contributed by atoms with Crippen LogP contribution in [0, 0.1) is 5.92 Å². The quantitative estimate of drug-likeness (QED) is 0.779. The lowest BCUT2D eigenvalue weighted by molar-refractivity contribution is 0.0736. The van der Waals surface area contributed by atoms with Gasteiger partial charge in [-0.25, -0.2) is 0 Å². The normalized spacial score (nSPS) is 21.0. The molecule has 0 bridgehead atoms. The van der Waals surface area contributed by atoms with E-state index in [4.69, 9.17) is 9.26 Å². The van der Waals surface area contributed by atoms with Crippen molar-refractivity contribution < 1.29 is 9.26 Å². The Morgan fingerprint density at radius 2 is 2.53 bits per heavy atom. The van der Waals surface area contributed by atoms with Gasteiger partial charge >= 0.3 is 0 Å². The SMILES string of the molecule is CCc1noc(COCC2CCNC2)n1. The molecule has 0 spiro atoms. The maximum absolute atomic E-state index is 5.53. The number of nitrogens with zero attached hydrogens (tertiary/aromatic N) is 2. The minimum atomic E-state index is 0.434. The number of hydrogen-bond acceptors (Lipinski definition) is 5. The Hall–Kier alpha value is -0.940. The molecule has 0 radical (unpaired) electrons. The topological polar surface area (TPSA) is 60.2 Å². The molecule has 0 saturated carbocycles. The molecule has 5 heteroatoms. The lowest BCUT2D eigenvalue weighted by atomic mass is 10.1. The maximum Gasteiger partial charge on any atom is 0.252 e. The van der Waals surface area contributed by atoms with Crippen molar-refractivity contribution in [3.63, 3.8) is 0 Å². The molecule has 1 aromatic rings. The predicted octanol–water partition coefficient (Wildman–Crippen LogP) is 0.758. The minimum Gasteiger partial charge on any atom is -0.371 e. The minimum absolute atomic E-state index is 0.434. The van der Waals surface area contributed by atoms with Gasteiger partial charge in [-0.15, -0.1) is 0 Å². The fraction of sp³-hybridized carbons (Fsp3) is 0.800. The third kappa shape index (κ3) is 3.00. The monoisotopic (exact) mass is 211 g/mol. The van der Waals surface area contributed by atoms with Crippen LogP contribution in [-0.2, 0) is 17.8 Å². The number of ether oxygens (including phenoxy) is 1. The van der Waals surface area contributed by atoms with Gasteiger partial charge in [0.2, 0.25) is 0 Å². The molecule has 1 unspecified atom stereocenters. The Bertz CT molecular complexity index is 295. The van der Waals surface area contributed by atoms with Gasteiger partial charge in [0, 0.05) is 13.0 Å². The number of rotatable bonds is 5. The number of aryl methyl sites for hydroxylation is 1. The Morgan fingerprint density at radius 3 is 3.20 bits per heavy atom. The molecular weight excluding hydrogens is 194 g/mol. The smallest absolute Gasteiger partial charge is 0.252 e. The molecule has 1 N–H and O–H groups in total. The Morgan fingerprint density at radius 1 is 1.60 bits per heavy atom. The summed E-state index contributed by atoms with van der Waals surface area (Å²) in [5, 5.41) is 7.11. The standard InChI is InChI=1S/C10H17N3O2/c1-2-9-12-10(15-13-9)7-14-6-8-3-4-11-5-8/h8,11H,2-7H2,1H3. The molecule has 1 saturated heterocycles. The van der Waals surface area contributed by atoms with E-state index < -0.39 is 0 Å². The second-order valence-electron chi connectivity index (χ2n) is 3.83. The summed E-state index contributed by atoms with van der Waals surface area (Å²) in [7, 11) is 0. The van der Waals surface area contributed by atoms with Crippen molar-refractivity contribution in [1.29, 1.82) is 0 Å². The first-order valence-corrected chi connectivity index (χ1v) is 5.48.